The van der Waals surface area contributed by atoms with Crippen LogP contribution in [0.25, 0.3) is 6.08 Å². The van der Waals surface area contributed by atoms with E-state index in [1.54, 1.807) is 32.2 Å². The van der Waals surface area contributed by atoms with Crippen LogP contribution in [0.4, 0.5) is 0 Å². The third-order valence-electron chi connectivity index (χ3n) is 5.53. The molecule has 1 fully saturated rings. The van der Waals surface area contributed by atoms with Gasteiger partial charge in [0, 0.05) is 65.1 Å². The first kappa shape index (κ1) is 21.2. The first-order valence-electron chi connectivity index (χ1n) is 9.41. The molecule has 1 aromatic heterocycles. The number of nitrogens with zero attached hydrogens (tertiary/aromatic N) is 4. The van der Waals surface area contributed by atoms with E-state index in [1.165, 1.54) is 0 Å². The van der Waals surface area contributed by atoms with Gasteiger partial charge in [0.2, 0.25) is 11.8 Å². The Labute approximate surface area is 162 Å². The lowest BCUT2D eigenvalue weighted by Gasteiger charge is -2.41. The molecular formula is C20H32N4O3. The number of hydrogen-bond acceptors (Lipinski definition) is 4. The second-order valence-electron chi connectivity index (χ2n) is 7.58. The zero-order valence-electron chi connectivity index (χ0n) is 17.4. The lowest BCUT2D eigenvalue weighted by Crippen LogP contribution is -2.51. The Hall–Kier alpha value is -2.15. The van der Waals surface area contributed by atoms with Crippen LogP contribution in [0.2, 0.25) is 0 Å². The number of rotatable bonds is 6. The van der Waals surface area contributed by atoms with Gasteiger partial charge in [0.25, 0.3) is 0 Å². The van der Waals surface area contributed by atoms with Gasteiger partial charge in [-0.05, 0) is 39.2 Å². The molecular weight excluding hydrogens is 344 g/mol. The van der Waals surface area contributed by atoms with Crippen molar-refractivity contribution < 1.29 is 14.3 Å². The van der Waals surface area contributed by atoms with Gasteiger partial charge in [-0.15, -0.1) is 0 Å². The van der Waals surface area contributed by atoms with E-state index in [0.717, 1.165) is 29.8 Å². The van der Waals surface area contributed by atoms with Gasteiger partial charge < -0.3 is 14.5 Å². The Morgan fingerprint density at radius 3 is 2.59 bits per heavy atom. The number of amides is 2. The molecule has 2 amide bonds. The summed E-state index contributed by atoms with van der Waals surface area (Å²) in [6.45, 7) is 5.15. The molecule has 1 saturated heterocycles. The van der Waals surface area contributed by atoms with Crippen molar-refractivity contribution in [2.24, 2.45) is 7.05 Å². The molecule has 0 saturated carbocycles. The van der Waals surface area contributed by atoms with Crippen LogP contribution in [0.15, 0.2) is 6.08 Å². The standard InChI is InChI=1S/C20H32N4O3/c1-15-17(16(2)23(5)21-15)8-9-19(26)24-13-7-11-20(14-24,27-6)12-10-18(25)22(3)4/h8-9H,7,10-14H2,1-6H3. The van der Waals surface area contributed by atoms with Gasteiger partial charge in [-0.25, -0.2) is 0 Å². The van der Waals surface area contributed by atoms with Crippen LogP contribution in [-0.4, -0.2) is 71.3 Å². The molecule has 1 unspecified atom stereocenters. The molecule has 7 nitrogen and oxygen atoms in total. The molecule has 0 radical (unpaired) electrons. The maximum Gasteiger partial charge on any atom is 0.246 e. The number of aromatic nitrogens is 2. The fourth-order valence-electron chi connectivity index (χ4n) is 3.61. The summed E-state index contributed by atoms with van der Waals surface area (Å²) in [7, 11) is 7.08. The van der Waals surface area contributed by atoms with E-state index in [-0.39, 0.29) is 11.8 Å². The summed E-state index contributed by atoms with van der Waals surface area (Å²) >= 11 is 0. The van der Waals surface area contributed by atoms with Crippen molar-refractivity contribution in [3.63, 3.8) is 0 Å². The predicted molar refractivity (Wildman–Crippen MR) is 105 cm³/mol. The number of ether oxygens (including phenoxy) is 1. The topological polar surface area (TPSA) is 67.7 Å². The molecule has 0 aromatic carbocycles. The van der Waals surface area contributed by atoms with E-state index in [1.807, 2.05) is 36.6 Å². The smallest absolute Gasteiger partial charge is 0.246 e. The molecule has 2 rings (SSSR count). The Bertz CT molecular complexity index is 723. The first-order chi connectivity index (χ1) is 12.7. The van der Waals surface area contributed by atoms with Gasteiger partial charge in [0.05, 0.1) is 11.3 Å². The first-order valence-corrected chi connectivity index (χ1v) is 9.41. The van der Waals surface area contributed by atoms with Crippen LogP contribution in [0.1, 0.15) is 42.6 Å². The zero-order valence-corrected chi connectivity index (χ0v) is 17.4. The molecule has 0 bridgehead atoms. The Kier molecular flexibility index (Phi) is 6.81. The van der Waals surface area contributed by atoms with Crippen LogP contribution in [0.5, 0.6) is 0 Å². The minimum Gasteiger partial charge on any atom is -0.376 e. The largest absolute Gasteiger partial charge is 0.376 e. The lowest BCUT2D eigenvalue weighted by molar-refractivity contribution is -0.138. The number of methoxy groups -OCH3 is 1. The molecule has 1 aliphatic heterocycles. The minimum atomic E-state index is -0.451. The third-order valence-corrected chi connectivity index (χ3v) is 5.53. The number of aryl methyl sites for hydroxylation is 2. The highest BCUT2D eigenvalue weighted by molar-refractivity contribution is 5.92. The highest BCUT2D eigenvalue weighted by Gasteiger charge is 2.37. The SMILES string of the molecule is COC1(CCC(=O)N(C)C)CCCN(C(=O)C=Cc2c(C)nn(C)c2C)C1. The summed E-state index contributed by atoms with van der Waals surface area (Å²) in [5.74, 6) is 0.0509. The van der Waals surface area contributed by atoms with Crippen LogP contribution in [0, 0.1) is 13.8 Å². The van der Waals surface area contributed by atoms with Crippen LogP contribution < -0.4 is 0 Å². The van der Waals surface area contributed by atoms with Crippen molar-refractivity contribution in [2.45, 2.75) is 45.1 Å². The average Bonchev–Trinajstić information content (AvgIpc) is 2.89. The number of carbonyl (C=O) groups excluding carboxylic acids is 2. The predicted octanol–water partition coefficient (Wildman–Crippen LogP) is 1.93. The summed E-state index contributed by atoms with van der Waals surface area (Å²) < 4.78 is 7.61. The van der Waals surface area contributed by atoms with E-state index < -0.39 is 5.60 Å². The minimum absolute atomic E-state index is 0.0299. The maximum atomic E-state index is 12.7. The molecule has 7 heteroatoms. The molecule has 0 spiro atoms. The number of piperidine rings is 1. The highest BCUT2D eigenvalue weighted by atomic mass is 16.5. The van der Waals surface area contributed by atoms with Crippen molar-refractivity contribution in [1.82, 2.24) is 19.6 Å². The monoisotopic (exact) mass is 376 g/mol. The molecule has 1 aromatic rings. The van der Waals surface area contributed by atoms with Crippen LogP contribution in [-0.2, 0) is 21.4 Å². The number of hydrogen-bond donors (Lipinski definition) is 0. The Balaban J connectivity index is 2.06. The van der Waals surface area contributed by atoms with E-state index >= 15 is 0 Å². The summed E-state index contributed by atoms with van der Waals surface area (Å²) in [6, 6.07) is 0. The molecule has 1 aliphatic rings. The van der Waals surface area contributed by atoms with Crippen molar-refractivity contribution in [3.05, 3.63) is 23.0 Å². The van der Waals surface area contributed by atoms with E-state index in [0.29, 0.717) is 25.9 Å². The zero-order chi connectivity index (χ0) is 20.2. The molecule has 0 N–H and O–H groups in total. The fraction of sp³-hybridized carbons (Fsp3) is 0.650. The van der Waals surface area contributed by atoms with Crippen LogP contribution >= 0.6 is 0 Å². The van der Waals surface area contributed by atoms with E-state index in [4.69, 9.17) is 4.74 Å². The van der Waals surface area contributed by atoms with Gasteiger partial charge in [-0.3, -0.25) is 14.3 Å². The van der Waals surface area contributed by atoms with Crippen LogP contribution in [0.3, 0.4) is 0 Å². The summed E-state index contributed by atoms with van der Waals surface area (Å²) in [5.41, 5.74) is 2.47. The highest BCUT2D eigenvalue weighted by Crippen LogP contribution is 2.30. The van der Waals surface area contributed by atoms with Gasteiger partial charge in [0.15, 0.2) is 0 Å². The van der Waals surface area contributed by atoms with E-state index in [2.05, 4.69) is 5.10 Å². The van der Waals surface area contributed by atoms with Gasteiger partial charge in [-0.1, -0.05) is 0 Å². The fourth-order valence-corrected chi connectivity index (χ4v) is 3.61. The second kappa shape index (κ2) is 8.69. The number of carbonyl (C=O) groups is 2. The normalized spacial score (nSPS) is 20.3. The lowest BCUT2D eigenvalue weighted by atomic mass is 9.87. The summed E-state index contributed by atoms with van der Waals surface area (Å²) in [6.07, 6.45) is 6.24. The van der Waals surface area contributed by atoms with Gasteiger partial charge >= 0.3 is 0 Å². The van der Waals surface area contributed by atoms with E-state index in [9.17, 15) is 9.59 Å². The molecule has 2 heterocycles. The quantitative estimate of drug-likeness (QED) is 0.712. The molecule has 27 heavy (non-hydrogen) atoms. The van der Waals surface area contributed by atoms with Crippen molar-refractivity contribution in [1.29, 1.82) is 0 Å². The maximum absolute atomic E-state index is 12.7. The summed E-state index contributed by atoms with van der Waals surface area (Å²) in [5, 5.41) is 4.38. The van der Waals surface area contributed by atoms with Crippen molar-refractivity contribution in [3.8, 4) is 0 Å². The third kappa shape index (κ3) is 4.97. The molecule has 0 aliphatic carbocycles. The summed E-state index contributed by atoms with van der Waals surface area (Å²) in [4.78, 5) is 28.1. The second-order valence-corrected chi connectivity index (χ2v) is 7.58. The van der Waals surface area contributed by atoms with Gasteiger partial charge in [0.1, 0.15) is 0 Å². The number of likely N-dealkylation sites (tertiary alicyclic amines) is 1. The molecule has 1 atom stereocenters. The van der Waals surface area contributed by atoms with Gasteiger partial charge in [-0.2, -0.15) is 5.10 Å². The average molecular weight is 377 g/mol. The van der Waals surface area contributed by atoms with Crippen molar-refractivity contribution in [2.75, 3.05) is 34.3 Å². The van der Waals surface area contributed by atoms with Crippen molar-refractivity contribution >= 4 is 17.9 Å². The Morgan fingerprint density at radius 1 is 1.33 bits per heavy atom. The Morgan fingerprint density at radius 2 is 2.04 bits per heavy atom. The molecule has 150 valence electrons.